The van der Waals surface area contributed by atoms with Crippen molar-refractivity contribution in [3.8, 4) is 0 Å². The molecule has 0 fully saturated rings. The molecule has 0 atom stereocenters. The molecule has 1 aromatic carbocycles. The van der Waals surface area contributed by atoms with Crippen LogP contribution in [0.25, 0.3) is 0 Å². The van der Waals surface area contributed by atoms with Gasteiger partial charge in [-0.25, -0.2) is 0 Å². The van der Waals surface area contributed by atoms with Gasteiger partial charge in [0.05, 0.1) is 0 Å². The van der Waals surface area contributed by atoms with E-state index >= 15 is 0 Å². The van der Waals surface area contributed by atoms with Crippen LogP contribution in [0.15, 0.2) is 54.9 Å². The van der Waals surface area contributed by atoms with Crippen LogP contribution in [-0.2, 0) is 12.8 Å². The van der Waals surface area contributed by atoms with Gasteiger partial charge in [-0.15, -0.1) is 12.4 Å². The first kappa shape index (κ1) is 13.7. The average molecular weight is 248 g/mol. The van der Waals surface area contributed by atoms with Crippen LogP contribution in [-0.4, -0.2) is 4.98 Å². The Labute approximate surface area is 109 Å². The predicted molar refractivity (Wildman–Crippen MR) is 74.6 cm³/mol. The van der Waals surface area contributed by atoms with Gasteiger partial charge in [0.1, 0.15) is 0 Å². The van der Waals surface area contributed by atoms with E-state index in [9.17, 15) is 0 Å². The highest BCUT2D eigenvalue weighted by Crippen LogP contribution is 2.08. The molecule has 1 nitrogen and oxygen atoms in total. The molecular weight excluding hydrogens is 230 g/mol. The fraction of sp³-hybridized carbons (Fsp3) is 0.267. The van der Waals surface area contributed by atoms with Crippen molar-refractivity contribution in [1.29, 1.82) is 0 Å². The summed E-state index contributed by atoms with van der Waals surface area (Å²) in [5, 5.41) is 0. The van der Waals surface area contributed by atoms with Crippen molar-refractivity contribution in [2.75, 3.05) is 0 Å². The molecule has 2 rings (SSSR count). The van der Waals surface area contributed by atoms with Gasteiger partial charge in [0.2, 0.25) is 0 Å². The van der Waals surface area contributed by atoms with Crippen molar-refractivity contribution >= 4 is 12.4 Å². The van der Waals surface area contributed by atoms with E-state index in [1.165, 1.54) is 30.4 Å². The number of halogens is 1. The first-order valence-corrected chi connectivity index (χ1v) is 5.88. The quantitative estimate of drug-likeness (QED) is 0.726. The Hall–Kier alpha value is -1.34. The van der Waals surface area contributed by atoms with E-state index in [-0.39, 0.29) is 12.4 Å². The molecule has 0 aliphatic heterocycles. The largest absolute Gasteiger partial charge is 0.265 e. The minimum Gasteiger partial charge on any atom is -0.265 e. The molecule has 0 saturated carbocycles. The molecule has 0 spiro atoms. The van der Waals surface area contributed by atoms with Gasteiger partial charge in [-0.05, 0) is 48.9 Å². The summed E-state index contributed by atoms with van der Waals surface area (Å²) in [6.45, 7) is 0. The van der Waals surface area contributed by atoms with Crippen LogP contribution in [0, 0.1) is 0 Å². The topological polar surface area (TPSA) is 12.9 Å². The lowest BCUT2D eigenvalue weighted by atomic mass is 10.0. The van der Waals surface area contributed by atoms with Crippen molar-refractivity contribution in [2.45, 2.75) is 25.7 Å². The summed E-state index contributed by atoms with van der Waals surface area (Å²) in [5.74, 6) is 0. The van der Waals surface area contributed by atoms with E-state index in [2.05, 4.69) is 47.4 Å². The Kier molecular flexibility index (Phi) is 6.34. The van der Waals surface area contributed by atoms with Gasteiger partial charge >= 0.3 is 0 Å². The Morgan fingerprint density at radius 2 is 1.24 bits per heavy atom. The lowest BCUT2D eigenvalue weighted by Crippen LogP contribution is -1.89. The van der Waals surface area contributed by atoms with Gasteiger partial charge in [0, 0.05) is 12.4 Å². The van der Waals surface area contributed by atoms with Gasteiger partial charge in [0.15, 0.2) is 0 Å². The Balaban J connectivity index is 0.00000144. The normalized spacial score (nSPS) is 9.65. The van der Waals surface area contributed by atoms with Gasteiger partial charge in [-0.1, -0.05) is 30.3 Å². The van der Waals surface area contributed by atoms with E-state index in [1.54, 1.807) is 0 Å². The standard InChI is InChI=1S/C15H17N.ClH/c1-2-6-14(7-3-1)8-4-5-9-15-10-12-16-13-11-15;/h1-3,6-7,10-13H,4-5,8-9H2;1H. The third-order valence-corrected chi connectivity index (χ3v) is 2.77. The predicted octanol–water partition coefficient (Wildman–Crippen LogP) is 4.07. The second-order valence-corrected chi connectivity index (χ2v) is 4.05. The summed E-state index contributed by atoms with van der Waals surface area (Å²) in [5.41, 5.74) is 2.83. The van der Waals surface area contributed by atoms with E-state index in [0.29, 0.717) is 0 Å². The highest BCUT2D eigenvalue weighted by atomic mass is 35.5. The molecule has 0 aliphatic carbocycles. The average Bonchev–Trinajstić information content (AvgIpc) is 2.37. The van der Waals surface area contributed by atoms with Crippen LogP contribution in [0.5, 0.6) is 0 Å². The van der Waals surface area contributed by atoms with Crippen molar-refractivity contribution in [1.82, 2.24) is 4.98 Å². The molecule has 0 amide bonds. The van der Waals surface area contributed by atoms with Gasteiger partial charge in [-0.2, -0.15) is 0 Å². The number of aromatic nitrogens is 1. The zero-order valence-electron chi connectivity index (χ0n) is 9.88. The molecule has 0 unspecified atom stereocenters. The van der Waals surface area contributed by atoms with Crippen molar-refractivity contribution in [2.24, 2.45) is 0 Å². The third-order valence-electron chi connectivity index (χ3n) is 2.77. The van der Waals surface area contributed by atoms with E-state index in [1.807, 2.05) is 12.4 Å². The SMILES string of the molecule is Cl.c1ccc(CCCCc2ccncc2)cc1. The Bertz CT molecular complexity index is 358. The minimum atomic E-state index is 0. The number of rotatable bonds is 5. The molecular formula is C15H18ClN. The maximum absolute atomic E-state index is 4.02. The summed E-state index contributed by atoms with van der Waals surface area (Å²) in [6, 6.07) is 14.9. The number of hydrogen-bond donors (Lipinski definition) is 0. The number of nitrogens with zero attached hydrogens (tertiary/aromatic N) is 1. The van der Waals surface area contributed by atoms with Crippen molar-refractivity contribution < 1.29 is 0 Å². The second-order valence-electron chi connectivity index (χ2n) is 4.05. The zero-order valence-corrected chi connectivity index (χ0v) is 10.7. The van der Waals surface area contributed by atoms with Gasteiger partial charge in [0.25, 0.3) is 0 Å². The third kappa shape index (κ3) is 5.01. The molecule has 0 bridgehead atoms. The summed E-state index contributed by atoms with van der Waals surface area (Å²) in [4.78, 5) is 4.02. The fourth-order valence-electron chi connectivity index (χ4n) is 1.85. The number of aryl methyl sites for hydroxylation is 2. The van der Waals surface area contributed by atoms with Gasteiger partial charge < -0.3 is 0 Å². The summed E-state index contributed by atoms with van der Waals surface area (Å²) in [7, 11) is 0. The minimum absolute atomic E-state index is 0. The Morgan fingerprint density at radius 3 is 1.82 bits per heavy atom. The molecule has 0 N–H and O–H groups in total. The molecule has 2 aromatic rings. The molecule has 1 heterocycles. The summed E-state index contributed by atoms with van der Waals surface area (Å²) >= 11 is 0. The van der Waals surface area contributed by atoms with Gasteiger partial charge in [-0.3, -0.25) is 4.98 Å². The van der Waals surface area contributed by atoms with Crippen LogP contribution in [0.1, 0.15) is 24.0 Å². The monoisotopic (exact) mass is 247 g/mol. The first-order valence-electron chi connectivity index (χ1n) is 5.88. The van der Waals surface area contributed by atoms with E-state index in [0.717, 1.165) is 6.42 Å². The number of pyridine rings is 1. The Morgan fingerprint density at radius 1 is 0.706 bits per heavy atom. The zero-order chi connectivity index (χ0) is 11.1. The molecule has 0 saturated heterocycles. The summed E-state index contributed by atoms with van der Waals surface area (Å²) in [6.07, 6.45) is 8.59. The molecule has 0 aliphatic rings. The fourth-order valence-corrected chi connectivity index (χ4v) is 1.85. The number of hydrogen-bond acceptors (Lipinski definition) is 1. The molecule has 17 heavy (non-hydrogen) atoms. The highest BCUT2D eigenvalue weighted by Gasteiger charge is 1.94. The van der Waals surface area contributed by atoms with Crippen LogP contribution in [0.2, 0.25) is 0 Å². The van der Waals surface area contributed by atoms with Crippen molar-refractivity contribution in [3.63, 3.8) is 0 Å². The lowest BCUT2D eigenvalue weighted by molar-refractivity contribution is 0.734. The maximum atomic E-state index is 4.02. The smallest absolute Gasteiger partial charge is 0.0270 e. The number of benzene rings is 1. The molecule has 90 valence electrons. The number of unbranched alkanes of at least 4 members (excludes halogenated alkanes) is 1. The van der Waals surface area contributed by atoms with E-state index < -0.39 is 0 Å². The van der Waals surface area contributed by atoms with Crippen LogP contribution in [0.3, 0.4) is 0 Å². The second kappa shape index (κ2) is 7.86. The first-order chi connectivity index (χ1) is 7.95. The van der Waals surface area contributed by atoms with Crippen LogP contribution in [0.4, 0.5) is 0 Å². The van der Waals surface area contributed by atoms with E-state index in [4.69, 9.17) is 0 Å². The lowest BCUT2D eigenvalue weighted by Gasteiger charge is -2.02. The molecule has 2 heteroatoms. The molecule has 1 aromatic heterocycles. The van der Waals surface area contributed by atoms with Crippen LogP contribution >= 0.6 is 12.4 Å². The maximum Gasteiger partial charge on any atom is 0.0270 e. The van der Waals surface area contributed by atoms with Crippen LogP contribution < -0.4 is 0 Å². The summed E-state index contributed by atoms with van der Waals surface area (Å²) < 4.78 is 0. The highest BCUT2D eigenvalue weighted by molar-refractivity contribution is 5.85. The molecule has 0 radical (unpaired) electrons. The van der Waals surface area contributed by atoms with Crippen molar-refractivity contribution in [3.05, 3.63) is 66.0 Å².